The Morgan fingerprint density at radius 2 is 1.96 bits per heavy atom. The van der Waals surface area contributed by atoms with Crippen molar-refractivity contribution in [2.45, 2.75) is 37.9 Å². The van der Waals surface area contributed by atoms with Crippen LogP contribution in [0, 0.1) is 11.8 Å². The second-order valence-electron chi connectivity index (χ2n) is 7.03. The van der Waals surface area contributed by atoms with Gasteiger partial charge in [-0.3, -0.25) is 4.79 Å². The number of hydrogen-bond donors (Lipinski definition) is 2. The Labute approximate surface area is 167 Å². The van der Waals surface area contributed by atoms with Gasteiger partial charge in [0.05, 0.1) is 10.6 Å². The number of nitrogens with zero attached hydrogens (tertiary/aromatic N) is 2. The number of rotatable bonds is 5. The lowest BCUT2D eigenvalue weighted by molar-refractivity contribution is -0.137. The lowest BCUT2D eigenvalue weighted by Crippen LogP contribution is -2.44. The van der Waals surface area contributed by atoms with Crippen LogP contribution in [0.4, 0.5) is 19.0 Å². The van der Waals surface area contributed by atoms with Gasteiger partial charge in [0.25, 0.3) is 0 Å². The van der Waals surface area contributed by atoms with Crippen LogP contribution in [0.15, 0.2) is 12.3 Å². The van der Waals surface area contributed by atoms with Gasteiger partial charge in [0, 0.05) is 37.8 Å². The fraction of sp³-hybridized carbons (Fsp3) is 0.647. The lowest BCUT2D eigenvalue weighted by Gasteiger charge is -2.33. The number of anilines is 1. The van der Waals surface area contributed by atoms with Crippen molar-refractivity contribution < 1.29 is 18.0 Å². The molecule has 3 rings (SSSR count). The van der Waals surface area contributed by atoms with Crippen molar-refractivity contribution in [3.05, 3.63) is 22.8 Å². The Morgan fingerprint density at radius 3 is 2.48 bits per heavy atom. The van der Waals surface area contributed by atoms with E-state index in [1.807, 2.05) is 4.90 Å². The summed E-state index contributed by atoms with van der Waals surface area (Å²) < 4.78 is 38.1. The molecular formula is C17H23Cl2F3N4O. The molecule has 1 aromatic rings. The Bertz CT molecular complexity index is 662. The van der Waals surface area contributed by atoms with E-state index in [2.05, 4.69) is 10.3 Å². The molecule has 1 saturated heterocycles. The quantitative estimate of drug-likeness (QED) is 0.757. The number of alkyl halides is 3. The summed E-state index contributed by atoms with van der Waals surface area (Å²) in [7, 11) is 0. The van der Waals surface area contributed by atoms with E-state index in [4.69, 9.17) is 17.3 Å². The molecule has 10 heteroatoms. The predicted octanol–water partition coefficient (Wildman–Crippen LogP) is 3.25. The van der Waals surface area contributed by atoms with Crippen LogP contribution >= 0.6 is 24.0 Å². The highest BCUT2D eigenvalue weighted by Crippen LogP contribution is 2.35. The Hall–Kier alpha value is -1.25. The van der Waals surface area contributed by atoms with Crippen molar-refractivity contribution in [1.29, 1.82) is 0 Å². The van der Waals surface area contributed by atoms with Crippen LogP contribution in [0.3, 0.4) is 0 Å². The van der Waals surface area contributed by atoms with E-state index in [0.717, 1.165) is 25.1 Å². The van der Waals surface area contributed by atoms with Gasteiger partial charge in [-0.15, -0.1) is 12.4 Å². The molecular weight excluding hydrogens is 404 g/mol. The number of piperidine rings is 1. The number of hydrogen-bond acceptors (Lipinski definition) is 4. The number of carbonyl (C=O) groups is 1. The van der Waals surface area contributed by atoms with Crippen molar-refractivity contribution in [3.63, 3.8) is 0 Å². The van der Waals surface area contributed by atoms with Gasteiger partial charge in [0.2, 0.25) is 5.91 Å². The zero-order valence-electron chi connectivity index (χ0n) is 14.6. The van der Waals surface area contributed by atoms with E-state index in [9.17, 15) is 18.0 Å². The number of nitrogens with two attached hydrogens (primary N) is 1. The molecule has 0 aromatic carbocycles. The van der Waals surface area contributed by atoms with E-state index in [0.29, 0.717) is 44.2 Å². The van der Waals surface area contributed by atoms with Gasteiger partial charge in [-0.1, -0.05) is 11.6 Å². The maximum absolute atomic E-state index is 12.7. The third-order valence-electron chi connectivity index (χ3n) is 5.05. The SMILES string of the molecule is Cl.NC(CNC(=O)C1CCN(c2ncc(C(F)(F)F)cc2Cl)CC1)C1CC1. The van der Waals surface area contributed by atoms with Gasteiger partial charge < -0.3 is 16.0 Å². The Morgan fingerprint density at radius 1 is 1.33 bits per heavy atom. The van der Waals surface area contributed by atoms with E-state index in [-0.39, 0.29) is 35.3 Å². The molecule has 0 spiro atoms. The van der Waals surface area contributed by atoms with Crippen molar-refractivity contribution in [1.82, 2.24) is 10.3 Å². The van der Waals surface area contributed by atoms with Crippen LogP contribution in [0.25, 0.3) is 0 Å². The molecule has 5 nitrogen and oxygen atoms in total. The average molecular weight is 427 g/mol. The molecule has 1 amide bonds. The van der Waals surface area contributed by atoms with Crippen LogP contribution in [0.1, 0.15) is 31.2 Å². The highest BCUT2D eigenvalue weighted by molar-refractivity contribution is 6.33. The molecule has 0 radical (unpaired) electrons. The lowest BCUT2D eigenvalue weighted by atomic mass is 9.95. The van der Waals surface area contributed by atoms with Gasteiger partial charge in [-0.05, 0) is 37.7 Å². The molecule has 1 atom stereocenters. The van der Waals surface area contributed by atoms with Crippen molar-refractivity contribution in [2.75, 3.05) is 24.5 Å². The number of amides is 1. The van der Waals surface area contributed by atoms with Crippen molar-refractivity contribution in [3.8, 4) is 0 Å². The summed E-state index contributed by atoms with van der Waals surface area (Å²) in [6, 6.07) is 0.913. The molecule has 1 aromatic heterocycles. The summed E-state index contributed by atoms with van der Waals surface area (Å²) in [5.41, 5.74) is 5.12. The third kappa shape index (κ3) is 5.62. The molecule has 2 heterocycles. The minimum Gasteiger partial charge on any atom is -0.355 e. The largest absolute Gasteiger partial charge is 0.417 e. The summed E-state index contributed by atoms with van der Waals surface area (Å²) in [6.45, 7) is 1.53. The molecule has 1 aliphatic heterocycles. The van der Waals surface area contributed by atoms with Crippen LogP contribution in [0.2, 0.25) is 5.02 Å². The van der Waals surface area contributed by atoms with Crippen LogP contribution < -0.4 is 16.0 Å². The molecule has 1 aliphatic carbocycles. The molecule has 0 bridgehead atoms. The first kappa shape index (κ1) is 22.0. The van der Waals surface area contributed by atoms with Crippen LogP contribution in [-0.2, 0) is 11.0 Å². The normalized spacial score (nSPS) is 19.4. The van der Waals surface area contributed by atoms with Crippen LogP contribution in [-0.4, -0.2) is 36.6 Å². The van der Waals surface area contributed by atoms with Gasteiger partial charge >= 0.3 is 6.18 Å². The van der Waals surface area contributed by atoms with Crippen LogP contribution in [0.5, 0.6) is 0 Å². The second kappa shape index (κ2) is 8.84. The first-order valence-electron chi connectivity index (χ1n) is 8.76. The Balaban J connectivity index is 0.00000261. The van der Waals surface area contributed by atoms with Gasteiger partial charge in [-0.2, -0.15) is 13.2 Å². The van der Waals surface area contributed by atoms with Crippen molar-refractivity contribution in [2.24, 2.45) is 17.6 Å². The fourth-order valence-electron chi connectivity index (χ4n) is 3.23. The number of carbonyl (C=O) groups excluding carboxylic acids is 1. The van der Waals surface area contributed by atoms with E-state index in [1.54, 1.807) is 0 Å². The maximum Gasteiger partial charge on any atom is 0.417 e. The summed E-state index contributed by atoms with van der Waals surface area (Å²) in [5, 5.41) is 2.88. The summed E-state index contributed by atoms with van der Waals surface area (Å²) in [6.07, 6.45) is -0.208. The van der Waals surface area contributed by atoms with Gasteiger partial charge in [0.15, 0.2) is 0 Å². The maximum atomic E-state index is 12.7. The third-order valence-corrected chi connectivity index (χ3v) is 5.33. The Kier molecular flexibility index (Phi) is 7.21. The minimum absolute atomic E-state index is 0. The number of halogens is 5. The summed E-state index contributed by atoms with van der Waals surface area (Å²) >= 11 is 5.99. The zero-order valence-corrected chi connectivity index (χ0v) is 16.2. The molecule has 2 aliphatic rings. The smallest absolute Gasteiger partial charge is 0.355 e. The molecule has 1 unspecified atom stereocenters. The van der Waals surface area contributed by atoms with Gasteiger partial charge in [-0.25, -0.2) is 4.98 Å². The minimum atomic E-state index is -4.47. The first-order valence-corrected chi connectivity index (χ1v) is 9.14. The molecule has 27 heavy (non-hydrogen) atoms. The molecule has 1 saturated carbocycles. The second-order valence-corrected chi connectivity index (χ2v) is 7.44. The van der Waals surface area contributed by atoms with E-state index < -0.39 is 11.7 Å². The number of aromatic nitrogens is 1. The monoisotopic (exact) mass is 426 g/mol. The first-order chi connectivity index (χ1) is 12.3. The molecule has 3 N–H and O–H groups in total. The van der Waals surface area contributed by atoms with Gasteiger partial charge in [0.1, 0.15) is 5.82 Å². The van der Waals surface area contributed by atoms with Crippen molar-refractivity contribution >= 4 is 35.7 Å². The summed E-state index contributed by atoms with van der Waals surface area (Å²) in [4.78, 5) is 18.0. The average Bonchev–Trinajstić information content (AvgIpc) is 3.44. The molecule has 152 valence electrons. The highest BCUT2D eigenvalue weighted by atomic mass is 35.5. The topological polar surface area (TPSA) is 71.2 Å². The predicted molar refractivity (Wildman–Crippen MR) is 100 cm³/mol. The fourth-order valence-corrected chi connectivity index (χ4v) is 3.51. The zero-order chi connectivity index (χ0) is 18.9. The van der Waals surface area contributed by atoms with E-state index in [1.165, 1.54) is 0 Å². The highest BCUT2D eigenvalue weighted by Gasteiger charge is 2.33. The van der Waals surface area contributed by atoms with E-state index >= 15 is 0 Å². The number of nitrogens with one attached hydrogen (secondary N) is 1. The molecule has 2 fully saturated rings. The number of pyridine rings is 1. The standard InChI is InChI=1S/C17H22ClF3N4O.ClH/c18-13-7-12(17(19,20)21)8-23-15(13)25-5-3-11(4-6-25)16(26)24-9-14(22)10-1-2-10;/h7-8,10-11,14H,1-6,9,22H2,(H,24,26);1H. The summed E-state index contributed by atoms with van der Waals surface area (Å²) in [5.74, 6) is 0.734.